The van der Waals surface area contributed by atoms with Gasteiger partial charge in [0.1, 0.15) is 6.23 Å². The fourth-order valence-corrected chi connectivity index (χ4v) is 1.70. The van der Waals surface area contributed by atoms with E-state index in [2.05, 4.69) is 5.32 Å². The predicted octanol–water partition coefficient (Wildman–Crippen LogP) is 0.547. The van der Waals surface area contributed by atoms with Crippen molar-refractivity contribution < 1.29 is 14.6 Å². The molecule has 0 radical (unpaired) electrons. The van der Waals surface area contributed by atoms with Crippen molar-refractivity contribution in [1.82, 2.24) is 10.2 Å². The molecule has 92 valence electrons. The lowest BCUT2D eigenvalue weighted by atomic mass is 10.2. The number of carbonyl (C=O) groups excluding carboxylic acids is 1. The second-order valence-corrected chi connectivity index (χ2v) is 3.95. The summed E-state index contributed by atoms with van der Waals surface area (Å²) in [5.74, 6) is 0. The number of ether oxygens (including phenoxy) is 1. The predicted molar refractivity (Wildman–Crippen MR) is 62.2 cm³/mol. The molecule has 1 aromatic rings. The Bertz CT molecular complexity index is 369. The van der Waals surface area contributed by atoms with Crippen LogP contribution in [0.4, 0.5) is 4.79 Å². The third kappa shape index (κ3) is 3.44. The number of rotatable bonds is 5. The van der Waals surface area contributed by atoms with Crippen molar-refractivity contribution in [2.75, 3.05) is 19.7 Å². The molecule has 1 heterocycles. The summed E-state index contributed by atoms with van der Waals surface area (Å²) in [7, 11) is 0. The van der Waals surface area contributed by atoms with E-state index in [-0.39, 0.29) is 6.03 Å². The Labute approximate surface area is 100.0 Å². The molecule has 0 bridgehead atoms. The lowest BCUT2D eigenvalue weighted by Crippen LogP contribution is -2.31. The Morgan fingerprint density at radius 2 is 2.18 bits per heavy atom. The molecule has 1 atom stereocenters. The highest BCUT2D eigenvalue weighted by Gasteiger charge is 2.26. The van der Waals surface area contributed by atoms with Gasteiger partial charge >= 0.3 is 6.03 Å². The Kier molecular flexibility index (Phi) is 3.95. The normalized spacial score (nSPS) is 19.5. The lowest BCUT2D eigenvalue weighted by molar-refractivity contribution is 0.0974. The smallest absolute Gasteiger partial charge is 0.319 e. The monoisotopic (exact) mass is 236 g/mol. The molecule has 1 unspecified atom stereocenters. The second kappa shape index (κ2) is 5.65. The van der Waals surface area contributed by atoms with Crippen molar-refractivity contribution >= 4 is 6.03 Å². The van der Waals surface area contributed by atoms with Crippen LogP contribution in [0.5, 0.6) is 0 Å². The number of nitrogens with one attached hydrogen (secondary N) is 1. The topological polar surface area (TPSA) is 61.8 Å². The average Bonchev–Trinajstić information content (AvgIpc) is 2.65. The first-order chi connectivity index (χ1) is 8.25. The van der Waals surface area contributed by atoms with E-state index in [9.17, 15) is 9.90 Å². The molecule has 2 N–H and O–H groups in total. The highest BCUT2D eigenvalue weighted by atomic mass is 16.5. The van der Waals surface area contributed by atoms with E-state index in [0.717, 1.165) is 5.56 Å². The Morgan fingerprint density at radius 3 is 2.82 bits per heavy atom. The molecule has 5 nitrogen and oxygen atoms in total. The minimum Gasteiger partial charge on any atom is -0.375 e. The Hall–Kier alpha value is -1.59. The summed E-state index contributed by atoms with van der Waals surface area (Å²) in [6, 6.07) is 9.63. The van der Waals surface area contributed by atoms with Crippen LogP contribution in [-0.2, 0) is 11.3 Å². The van der Waals surface area contributed by atoms with Gasteiger partial charge in [-0.25, -0.2) is 4.79 Å². The van der Waals surface area contributed by atoms with Gasteiger partial charge in [-0.3, -0.25) is 0 Å². The zero-order valence-corrected chi connectivity index (χ0v) is 9.50. The van der Waals surface area contributed by atoms with Crippen LogP contribution < -0.4 is 5.32 Å². The Balaban J connectivity index is 1.65. The van der Waals surface area contributed by atoms with Gasteiger partial charge in [0.2, 0.25) is 0 Å². The van der Waals surface area contributed by atoms with Crippen molar-refractivity contribution in [3.05, 3.63) is 35.9 Å². The molecule has 2 rings (SSSR count). The second-order valence-electron chi connectivity index (χ2n) is 3.95. The number of nitrogens with zero attached hydrogens (tertiary/aromatic N) is 1. The SMILES string of the molecule is O=C1NC(O)CN1CCOCc1ccccc1. The molecule has 2 amide bonds. The van der Waals surface area contributed by atoms with Gasteiger partial charge in [0.25, 0.3) is 0 Å². The molecule has 5 heteroatoms. The molecule has 0 spiro atoms. The fraction of sp³-hybridized carbons (Fsp3) is 0.417. The van der Waals surface area contributed by atoms with E-state index in [4.69, 9.17) is 4.74 Å². The minimum atomic E-state index is -0.753. The minimum absolute atomic E-state index is 0.235. The summed E-state index contributed by atoms with van der Waals surface area (Å²) < 4.78 is 5.46. The average molecular weight is 236 g/mol. The van der Waals surface area contributed by atoms with E-state index >= 15 is 0 Å². The molecule has 1 aliphatic rings. The molecular weight excluding hydrogens is 220 g/mol. The number of hydrogen-bond acceptors (Lipinski definition) is 3. The van der Waals surface area contributed by atoms with Gasteiger partial charge in [0.15, 0.2) is 0 Å². The van der Waals surface area contributed by atoms with Crippen LogP contribution in [0.25, 0.3) is 0 Å². The van der Waals surface area contributed by atoms with Gasteiger partial charge in [-0.2, -0.15) is 0 Å². The van der Waals surface area contributed by atoms with Crippen LogP contribution in [0.1, 0.15) is 5.56 Å². The quantitative estimate of drug-likeness (QED) is 0.734. The summed E-state index contributed by atoms with van der Waals surface area (Å²) in [4.78, 5) is 12.8. The number of benzene rings is 1. The molecule has 0 saturated carbocycles. The first-order valence-corrected chi connectivity index (χ1v) is 5.61. The highest BCUT2D eigenvalue weighted by molar-refractivity contribution is 5.76. The summed E-state index contributed by atoms with van der Waals surface area (Å²) in [6.07, 6.45) is -0.753. The number of aliphatic hydroxyl groups excluding tert-OH is 1. The standard InChI is InChI=1S/C12H16N2O3/c15-11-8-14(12(16)13-11)6-7-17-9-10-4-2-1-3-5-10/h1-5,11,15H,6-9H2,(H,13,16). The van der Waals surface area contributed by atoms with Crippen LogP contribution >= 0.6 is 0 Å². The van der Waals surface area contributed by atoms with Gasteiger partial charge in [0, 0.05) is 6.54 Å². The van der Waals surface area contributed by atoms with Crippen LogP contribution in [0, 0.1) is 0 Å². The van der Waals surface area contributed by atoms with E-state index < -0.39 is 6.23 Å². The molecule has 17 heavy (non-hydrogen) atoms. The number of hydrogen-bond donors (Lipinski definition) is 2. The first kappa shape index (κ1) is 11.9. The van der Waals surface area contributed by atoms with E-state index in [1.807, 2.05) is 30.3 Å². The summed E-state index contributed by atoms with van der Waals surface area (Å²) >= 11 is 0. The number of β-amino-alcohol motifs (C(OH)–C–C–N with tert-alkyl or cyclic N) is 1. The van der Waals surface area contributed by atoms with Crippen molar-refractivity contribution in [2.45, 2.75) is 12.8 Å². The van der Waals surface area contributed by atoms with Crippen LogP contribution in [0.15, 0.2) is 30.3 Å². The number of amides is 2. The van der Waals surface area contributed by atoms with Crippen molar-refractivity contribution in [3.8, 4) is 0 Å². The molecule has 1 saturated heterocycles. The third-order valence-corrected chi connectivity index (χ3v) is 2.59. The van der Waals surface area contributed by atoms with Gasteiger partial charge in [-0.15, -0.1) is 0 Å². The van der Waals surface area contributed by atoms with Crippen molar-refractivity contribution in [2.24, 2.45) is 0 Å². The fourth-order valence-electron chi connectivity index (χ4n) is 1.70. The zero-order valence-electron chi connectivity index (χ0n) is 9.50. The number of carbonyl (C=O) groups is 1. The van der Waals surface area contributed by atoms with Crippen LogP contribution in [0.3, 0.4) is 0 Å². The molecule has 1 aliphatic heterocycles. The molecule has 0 aliphatic carbocycles. The summed E-state index contributed by atoms with van der Waals surface area (Å²) in [5, 5.41) is 11.6. The van der Waals surface area contributed by atoms with E-state index in [1.165, 1.54) is 4.90 Å². The maximum Gasteiger partial charge on any atom is 0.319 e. The molecular formula is C12H16N2O3. The maximum atomic E-state index is 11.2. The lowest BCUT2D eigenvalue weighted by Gasteiger charge is -2.13. The largest absolute Gasteiger partial charge is 0.375 e. The van der Waals surface area contributed by atoms with Gasteiger partial charge in [0.05, 0.1) is 19.8 Å². The molecule has 0 aromatic heterocycles. The number of aliphatic hydroxyl groups is 1. The van der Waals surface area contributed by atoms with Gasteiger partial charge in [-0.1, -0.05) is 30.3 Å². The van der Waals surface area contributed by atoms with Gasteiger partial charge < -0.3 is 20.1 Å². The number of urea groups is 1. The van der Waals surface area contributed by atoms with Crippen LogP contribution in [0.2, 0.25) is 0 Å². The Morgan fingerprint density at radius 1 is 1.41 bits per heavy atom. The van der Waals surface area contributed by atoms with E-state index in [0.29, 0.717) is 26.3 Å². The van der Waals surface area contributed by atoms with E-state index in [1.54, 1.807) is 0 Å². The van der Waals surface area contributed by atoms with Crippen molar-refractivity contribution in [1.29, 1.82) is 0 Å². The third-order valence-electron chi connectivity index (χ3n) is 2.59. The summed E-state index contributed by atoms with van der Waals surface area (Å²) in [6.45, 7) is 1.83. The van der Waals surface area contributed by atoms with Gasteiger partial charge in [-0.05, 0) is 5.56 Å². The highest BCUT2D eigenvalue weighted by Crippen LogP contribution is 2.03. The maximum absolute atomic E-state index is 11.2. The van der Waals surface area contributed by atoms with Crippen LogP contribution in [-0.4, -0.2) is 42.0 Å². The zero-order chi connectivity index (χ0) is 12.1. The first-order valence-electron chi connectivity index (χ1n) is 5.61. The molecule has 1 fully saturated rings. The van der Waals surface area contributed by atoms with Crippen molar-refractivity contribution in [3.63, 3.8) is 0 Å². The summed E-state index contributed by atoms with van der Waals surface area (Å²) in [5.41, 5.74) is 1.11. The molecule has 1 aromatic carbocycles.